The van der Waals surface area contributed by atoms with Crippen LogP contribution in [0.15, 0.2) is 55.0 Å². The van der Waals surface area contributed by atoms with Gasteiger partial charge in [0.15, 0.2) is 11.6 Å². The van der Waals surface area contributed by atoms with Crippen molar-refractivity contribution in [1.82, 2.24) is 24.3 Å². The van der Waals surface area contributed by atoms with E-state index in [1.807, 2.05) is 34.5 Å². The molecular weight excluding hydrogens is 405 g/mol. The number of aryl methyl sites for hydroxylation is 2. The maximum absolute atomic E-state index is 13.2. The number of methoxy groups -OCH3 is 1. The van der Waals surface area contributed by atoms with Crippen LogP contribution in [0, 0.1) is 12.7 Å². The molecule has 3 heterocycles. The number of rotatable bonds is 5. The first kappa shape index (κ1) is 20.2. The van der Waals surface area contributed by atoms with Crippen LogP contribution in [-0.2, 0) is 13.0 Å². The highest BCUT2D eigenvalue weighted by molar-refractivity contribution is 5.80. The van der Waals surface area contributed by atoms with Gasteiger partial charge >= 0.3 is 0 Å². The fourth-order valence-electron chi connectivity index (χ4n) is 4.06. The van der Waals surface area contributed by atoms with Crippen LogP contribution in [0.2, 0.25) is 0 Å². The zero-order valence-electron chi connectivity index (χ0n) is 18.1. The molecule has 7 heteroatoms. The van der Waals surface area contributed by atoms with Gasteiger partial charge in [-0.15, -0.1) is 0 Å². The van der Waals surface area contributed by atoms with Gasteiger partial charge in [0.05, 0.1) is 24.8 Å². The Balaban J connectivity index is 1.44. The van der Waals surface area contributed by atoms with Crippen LogP contribution in [-0.4, -0.2) is 31.4 Å². The molecule has 6 nitrogen and oxygen atoms in total. The third kappa shape index (κ3) is 4.06. The third-order valence-electron chi connectivity index (χ3n) is 5.63. The van der Waals surface area contributed by atoms with Crippen molar-refractivity contribution in [3.05, 3.63) is 89.3 Å². The van der Waals surface area contributed by atoms with Crippen molar-refractivity contribution in [2.24, 2.45) is 0 Å². The Labute approximate surface area is 186 Å². The second-order valence-corrected chi connectivity index (χ2v) is 8.00. The van der Waals surface area contributed by atoms with E-state index in [9.17, 15) is 4.39 Å². The van der Waals surface area contributed by atoms with Gasteiger partial charge in [-0.2, -0.15) is 5.10 Å². The Bertz CT molecular complexity index is 1290. The molecule has 0 bridgehead atoms. The molecule has 32 heavy (non-hydrogen) atoms. The third-order valence-corrected chi connectivity index (χ3v) is 5.63. The molecule has 1 aliphatic heterocycles. The van der Waals surface area contributed by atoms with E-state index < -0.39 is 0 Å². The number of hydrogen-bond donors (Lipinski definition) is 0. The van der Waals surface area contributed by atoms with Crippen molar-refractivity contribution in [3.8, 4) is 11.4 Å². The van der Waals surface area contributed by atoms with Gasteiger partial charge in [0, 0.05) is 19.2 Å². The van der Waals surface area contributed by atoms with Gasteiger partial charge in [-0.1, -0.05) is 18.2 Å². The number of fused-ring (bicyclic) bond motifs is 1. The van der Waals surface area contributed by atoms with Crippen LogP contribution >= 0.6 is 0 Å². The number of ether oxygens (including phenoxy) is 1. The first-order valence-electron chi connectivity index (χ1n) is 10.7. The lowest BCUT2D eigenvalue weighted by molar-refractivity contribution is 0.413. The second kappa shape index (κ2) is 8.42. The number of hydrogen-bond acceptors (Lipinski definition) is 4. The van der Waals surface area contributed by atoms with Crippen molar-refractivity contribution >= 4 is 11.6 Å². The molecule has 0 saturated carbocycles. The van der Waals surface area contributed by atoms with Gasteiger partial charge in [-0.3, -0.25) is 0 Å². The number of allylic oxidation sites excluding steroid dienone is 1. The summed E-state index contributed by atoms with van der Waals surface area (Å²) >= 11 is 0. The van der Waals surface area contributed by atoms with Gasteiger partial charge in [-0.05, 0) is 66.8 Å². The fourth-order valence-corrected chi connectivity index (χ4v) is 4.06. The molecule has 0 N–H and O–H groups in total. The topological polar surface area (TPSA) is 57.8 Å². The van der Waals surface area contributed by atoms with Crippen LogP contribution in [0.4, 0.5) is 4.39 Å². The highest BCUT2D eigenvalue weighted by atomic mass is 19.1. The molecule has 0 spiro atoms. The van der Waals surface area contributed by atoms with E-state index in [0.29, 0.717) is 6.42 Å². The van der Waals surface area contributed by atoms with Crippen LogP contribution in [0.5, 0.6) is 5.75 Å². The van der Waals surface area contributed by atoms with Gasteiger partial charge in [-0.25, -0.2) is 19.0 Å². The Morgan fingerprint density at radius 3 is 2.75 bits per heavy atom. The van der Waals surface area contributed by atoms with Crippen molar-refractivity contribution < 1.29 is 9.13 Å². The molecule has 2 aromatic carbocycles. The van der Waals surface area contributed by atoms with Gasteiger partial charge < -0.3 is 9.30 Å². The zero-order valence-corrected chi connectivity index (χ0v) is 18.1. The Morgan fingerprint density at radius 1 is 1.16 bits per heavy atom. The molecule has 0 saturated heterocycles. The summed E-state index contributed by atoms with van der Waals surface area (Å²) in [6.45, 7) is 2.82. The van der Waals surface area contributed by atoms with E-state index >= 15 is 0 Å². The molecule has 1 aliphatic rings. The summed E-state index contributed by atoms with van der Waals surface area (Å²) in [7, 11) is 1.68. The molecule has 0 radical (unpaired) electrons. The summed E-state index contributed by atoms with van der Waals surface area (Å²) in [4.78, 5) is 9.11. The summed E-state index contributed by atoms with van der Waals surface area (Å²) in [5, 5.41) is 4.69. The molecular formula is C25H24FN5O. The van der Waals surface area contributed by atoms with Gasteiger partial charge in [0.2, 0.25) is 0 Å². The molecule has 2 aromatic heterocycles. The molecule has 0 unspecified atom stereocenters. The summed E-state index contributed by atoms with van der Waals surface area (Å²) in [6, 6.07) is 12.7. The van der Waals surface area contributed by atoms with E-state index in [2.05, 4.69) is 22.2 Å². The Morgan fingerprint density at radius 2 is 2.00 bits per heavy atom. The highest BCUT2D eigenvalue weighted by Crippen LogP contribution is 2.30. The fraction of sp³-hybridized carbons (Fsp3) is 0.240. The normalized spacial score (nSPS) is 14.5. The number of halogens is 1. The van der Waals surface area contributed by atoms with E-state index in [1.54, 1.807) is 25.6 Å². The average Bonchev–Trinajstić information content (AvgIpc) is 3.41. The van der Waals surface area contributed by atoms with E-state index in [-0.39, 0.29) is 5.82 Å². The smallest absolute Gasteiger partial charge is 0.155 e. The van der Waals surface area contributed by atoms with E-state index in [4.69, 9.17) is 9.72 Å². The molecule has 0 amide bonds. The number of benzene rings is 2. The maximum Gasteiger partial charge on any atom is 0.155 e. The van der Waals surface area contributed by atoms with Crippen LogP contribution in [0.25, 0.3) is 17.3 Å². The minimum atomic E-state index is -0.235. The molecule has 162 valence electrons. The summed E-state index contributed by atoms with van der Waals surface area (Å²) in [5.41, 5.74) is 5.10. The molecule has 5 rings (SSSR count). The van der Waals surface area contributed by atoms with Crippen LogP contribution in [0.3, 0.4) is 0 Å². The van der Waals surface area contributed by atoms with Gasteiger partial charge in [0.1, 0.15) is 11.6 Å². The Kier molecular flexibility index (Phi) is 5.31. The molecule has 0 atom stereocenters. The Hall–Kier alpha value is -3.74. The largest absolute Gasteiger partial charge is 0.495 e. The summed E-state index contributed by atoms with van der Waals surface area (Å²) in [6.07, 6.45) is 8.47. The van der Waals surface area contributed by atoms with E-state index in [0.717, 1.165) is 64.9 Å². The monoisotopic (exact) mass is 429 g/mol. The predicted molar refractivity (Wildman–Crippen MR) is 121 cm³/mol. The summed E-state index contributed by atoms with van der Waals surface area (Å²) in [5.74, 6) is 2.20. The first-order chi connectivity index (χ1) is 15.6. The van der Waals surface area contributed by atoms with Crippen molar-refractivity contribution in [1.29, 1.82) is 0 Å². The summed E-state index contributed by atoms with van der Waals surface area (Å²) < 4.78 is 22.8. The minimum absolute atomic E-state index is 0.235. The lowest BCUT2D eigenvalue weighted by Gasteiger charge is -2.16. The predicted octanol–water partition coefficient (Wildman–Crippen LogP) is 4.85. The number of imidazole rings is 1. The lowest BCUT2D eigenvalue weighted by Crippen LogP contribution is -2.11. The van der Waals surface area contributed by atoms with Gasteiger partial charge in [0.25, 0.3) is 0 Å². The molecule has 0 aliphatic carbocycles. The molecule has 0 fully saturated rings. The van der Waals surface area contributed by atoms with Crippen LogP contribution in [0.1, 0.15) is 41.3 Å². The van der Waals surface area contributed by atoms with Crippen molar-refractivity contribution in [3.63, 3.8) is 0 Å². The average molecular weight is 429 g/mol. The standard InChI is InChI=1S/C25H24FN5O/c1-17-15-30(16-27-17)22-10-7-19(13-23(22)32-2)12-20-4-3-11-31-25(20)28-24(29-31)14-18-5-8-21(26)9-6-18/h5-10,12-13,15-16H,3-4,11,14H2,1-2H3/b20-12+. The maximum atomic E-state index is 13.2. The minimum Gasteiger partial charge on any atom is -0.495 e. The van der Waals surface area contributed by atoms with Crippen LogP contribution < -0.4 is 4.74 Å². The first-order valence-corrected chi connectivity index (χ1v) is 10.7. The molecule has 4 aromatic rings. The lowest BCUT2D eigenvalue weighted by atomic mass is 10.0. The number of aromatic nitrogens is 5. The zero-order chi connectivity index (χ0) is 22.1. The highest BCUT2D eigenvalue weighted by Gasteiger charge is 2.19. The SMILES string of the molecule is COc1cc(/C=C2\CCCn3nc(Cc4ccc(F)cc4)nc32)ccc1-n1cnc(C)c1. The quantitative estimate of drug-likeness (QED) is 0.455. The van der Waals surface area contributed by atoms with Crippen molar-refractivity contribution in [2.45, 2.75) is 32.7 Å². The number of nitrogens with zero attached hydrogens (tertiary/aromatic N) is 5. The van der Waals surface area contributed by atoms with Crippen molar-refractivity contribution in [2.75, 3.05) is 7.11 Å². The second-order valence-electron chi connectivity index (χ2n) is 8.00. The van der Waals surface area contributed by atoms with E-state index in [1.165, 1.54) is 12.1 Å².